The topological polar surface area (TPSA) is 87.1 Å². The number of carbonyl (C=O) groups is 3. The number of esters is 1. The van der Waals surface area contributed by atoms with Gasteiger partial charge in [-0.1, -0.05) is 28.1 Å². The maximum absolute atomic E-state index is 14.0. The van der Waals surface area contributed by atoms with Crippen LogP contribution >= 0.6 is 27.7 Å². The molecule has 2 bridgehead atoms. The first-order valence-corrected chi connectivity index (χ1v) is 14.0. The van der Waals surface area contributed by atoms with E-state index in [9.17, 15) is 14.4 Å². The Morgan fingerprint density at radius 2 is 2.06 bits per heavy atom. The molecule has 0 aliphatic carbocycles. The molecule has 9 heteroatoms. The molecule has 2 amide bonds. The summed E-state index contributed by atoms with van der Waals surface area (Å²) in [5.41, 5.74) is 0. The highest BCUT2D eigenvalue weighted by molar-refractivity contribution is 9.09. The van der Waals surface area contributed by atoms with Crippen LogP contribution in [0, 0.1) is 11.8 Å². The quantitative estimate of drug-likeness (QED) is 0.162. The van der Waals surface area contributed by atoms with Crippen LogP contribution in [0.2, 0.25) is 0 Å². The first-order chi connectivity index (χ1) is 16.2. The van der Waals surface area contributed by atoms with Crippen LogP contribution in [0.25, 0.3) is 0 Å². The van der Waals surface area contributed by atoms with E-state index < -0.39 is 22.6 Å². The molecule has 34 heavy (non-hydrogen) atoms. The van der Waals surface area contributed by atoms with Crippen LogP contribution in [0.3, 0.4) is 0 Å². The van der Waals surface area contributed by atoms with Gasteiger partial charge in [0.15, 0.2) is 0 Å². The smallest absolute Gasteiger partial charge is 0.310 e. The summed E-state index contributed by atoms with van der Waals surface area (Å²) < 4.78 is 4.87. The lowest BCUT2D eigenvalue weighted by atomic mass is 9.71. The van der Waals surface area contributed by atoms with Gasteiger partial charge in [0.05, 0.1) is 23.2 Å². The molecule has 6 atom stereocenters. The summed E-state index contributed by atoms with van der Waals surface area (Å²) in [4.78, 5) is 44.6. The minimum absolute atomic E-state index is 0.0232. The van der Waals surface area contributed by atoms with Crippen molar-refractivity contribution in [2.45, 2.75) is 72.9 Å². The molecule has 3 unspecified atom stereocenters. The summed E-state index contributed by atoms with van der Waals surface area (Å²) in [5.74, 6) is -1.71. The van der Waals surface area contributed by atoms with Crippen molar-refractivity contribution in [2.24, 2.45) is 11.8 Å². The molecular formula is C25H37BrN2O5S. The first kappa shape index (κ1) is 27.3. The molecule has 0 aromatic rings. The largest absolute Gasteiger partial charge is 0.465 e. The van der Waals surface area contributed by atoms with Gasteiger partial charge in [0.2, 0.25) is 11.8 Å². The zero-order chi connectivity index (χ0) is 25.0. The Morgan fingerprint density at radius 1 is 1.32 bits per heavy atom. The number of likely N-dealkylation sites (tertiary alicyclic amines) is 1. The summed E-state index contributed by atoms with van der Waals surface area (Å²) in [6.07, 6.45) is 6.73. The van der Waals surface area contributed by atoms with Gasteiger partial charge in [-0.05, 0) is 46.0 Å². The van der Waals surface area contributed by atoms with Gasteiger partial charge in [-0.15, -0.1) is 24.9 Å². The lowest BCUT2D eigenvalue weighted by molar-refractivity contribution is -0.154. The standard InChI is InChI=1S/C25H37BrN2O5S/c1-5-7-14-33-24(32)18-19-22(30)28(12-9-8-10-13-29)21(23(31)27(11-6-2)16(3)4)25(19)15-17(26)20(18)34-25/h5-6,16-21,29H,1-2,7-15H2,3-4H3/t17?,18-,19-,20-,21?,25?/m0/s1. The van der Waals surface area contributed by atoms with Crippen molar-refractivity contribution in [2.75, 3.05) is 26.3 Å². The highest BCUT2D eigenvalue weighted by Crippen LogP contribution is 2.68. The van der Waals surface area contributed by atoms with Gasteiger partial charge in [0, 0.05) is 35.8 Å². The number of unbranched alkanes of at least 4 members (excludes halogenated alkanes) is 2. The molecule has 1 N–H and O–H groups in total. The van der Waals surface area contributed by atoms with Gasteiger partial charge in [-0.2, -0.15) is 0 Å². The number of aliphatic hydroxyl groups excluding tert-OH is 1. The van der Waals surface area contributed by atoms with E-state index >= 15 is 0 Å². The lowest BCUT2D eigenvalue weighted by Gasteiger charge is -2.39. The van der Waals surface area contributed by atoms with E-state index in [-0.39, 0.29) is 47.1 Å². The normalized spacial score (nSPS) is 31.6. The molecule has 0 aromatic heterocycles. The summed E-state index contributed by atoms with van der Waals surface area (Å²) in [5, 5.41) is 9.05. The van der Waals surface area contributed by atoms with E-state index in [0.29, 0.717) is 38.8 Å². The van der Waals surface area contributed by atoms with Gasteiger partial charge in [-0.3, -0.25) is 14.4 Å². The Morgan fingerprint density at radius 3 is 2.68 bits per heavy atom. The van der Waals surface area contributed by atoms with Crippen molar-refractivity contribution in [1.82, 2.24) is 9.80 Å². The predicted molar refractivity (Wildman–Crippen MR) is 138 cm³/mol. The predicted octanol–water partition coefficient (Wildman–Crippen LogP) is 3.16. The monoisotopic (exact) mass is 556 g/mol. The van der Waals surface area contributed by atoms with Crippen LogP contribution in [0.1, 0.15) is 46.0 Å². The van der Waals surface area contributed by atoms with Gasteiger partial charge in [0.25, 0.3) is 0 Å². The number of amides is 2. The van der Waals surface area contributed by atoms with Crippen molar-refractivity contribution in [3.8, 4) is 0 Å². The molecule has 0 saturated carbocycles. The molecule has 0 aromatic carbocycles. The lowest BCUT2D eigenvalue weighted by Crippen LogP contribution is -2.56. The average Bonchev–Trinajstić information content (AvgIpc) is 3.38. The number of ether oxygens (including phenoxy) is 1. The van der Waals surface area contributed by atoms with E-state index in [1.165, 1.54) is 0 Å². The molecular weight excluding hydrogens is 520 g/mol. The highest BCUT2D eigenvalue weighted by Gasteiger charge is 2.76. The van der Waals surface area contributed by atoms with Crippen molar-refractivity contribution in [3.05, 3.63) is 25.3 Å². The van der Waals surface area contributed by atoms with Crippen molar-refractivity contribution < 1.29 is 24.2 Å². The van der Waals surface area contributed by atoms with E-state index in [2.05, 4.69) is 29.1 Å². The van der Waals surface area contributed by atoms with Gasteiger partial charge < -0.3 is 19.6 Å². The summed E-state index contributed by atoms with van der Waals surface area (Å²) in [6, 6.07) is -0.683. The fraction of sp³-hybridized carbons (Fsp3) is 0.720. The Bertz CT molecular complexity index is 808. The number of aliphatic hydroxyl groups is 1. The average molecular weight is 558 g/mol. The van der Waals surface area contributed by atoms with Crippen LogP contribution in [0.5, 0.6) is 0 Å². The molecule has 3 aliphatic heterocycles. The van der Waals surface area contributed by atoms with E-state index in [0.717, 1.165) is 6.42 Å². The van der Waals surface area contributed by atoms with Crippen LogP contribution in [-0.2, 0) is 19.1 Å². The fourth-order valence-corrected chi connectivity index (χ4v) is 9.27. The summed E-state index contributed by atoms with van der Waals surface area (Å²) >= 11 is 5.38. The number of rotatable bonds is 13. The van der Waals surface area contributed by atoms with Crippen LogP contribution < -0.4 is 0 Å². The van der Waals surface area contributed by atoms with Crippen molar-refractivity contribution in [3.63, 3.8) is 0 Å². The molecule has 3 fully saturated rings. The third-order valence-corrected chi connectivity index (χ3v) is 10.4. The third-order valence-electron chi connectivity index (χ3n) is 7.15. The molecule has 3 rings (SSSR count). The number of thioether (sulfide) groups is 1. The van der Waals surface area contributed by atoms with E-state index in [4.69, 9.17) is 9.84 Å². The minimum Gasteiger partial charge on any atom is -0.465 e. The van der Waals surface area contributed by atoms with Gasteiger partial charge in [-0.25, -0.2) is 0 Å². The Labute approximate surface area is 215 Å². The first-order valence-electron chi connectivity index (χ1n) is 12.2. The number of nitrogens with zero attached hydrogens (tertiary/aromatic N) is 2. The van der Waals surface area contributed by atoms with E-state index in [1.807, 2.05) is 13.8 Å². The number of hydrogen-bond acceptors (Lipinski definition) is 6. The van der Waals surface area contributed by atoms with Crippen LogP contribution in [0.15, 0.2) is 25.3 Å². The maximum atomic E-state index is 14.0. The number of fused-ring (bicyclic) bond motifs is 1. The molecule has 190 valence electrons. The zero-order valence-corrected chi connectivity index (χ0v) is 22.6. The third kappa shape index (κ3) is 4.85. The number of hydrogen-bond donors (Lipinski definition) is 1. The molecule has 7 nitrogen and oxygen atoms in total. The molecule has 3 saturated heterocycles. The molecule has 3 heterocycles. The number of carbonyl (C=O) groups excluding carboxylic acids is 3. The zero-order valence-electron chi connectivity index (χ0n) is 20.2. The Kier molecular flexibility index (Phi) is 9.31. The number of halogens is 1. The van der Waals surface area contributed by atoms with Crippen LogP contribution in [-0.4, -0.2) is 85.9 Å². The second-order valence-electron chi connectivity index (χ2n) is 9.60. The maximum Gasteiger partial charge on any atom is 0.310 e. The molecule has 1 spiro atoms. The number of alkyl halides is 1. The fourth-order valence-electron chi connectivity index (χ4n) is 5.68. The van der Waals surface area contributed by atoms with Gasteiger partial charge in [0.1, 0.15) is 6.04 Å². The van der Waals surface area contributed by atoms with Crippen molar-refractivity contribution in [1.29, 1.82) is 0 Å². The highest BCUT2D eigenvalue weighted by atomic mass is 79.9. The minimum atomic E-state index is -0.666. The molecule has 0 radical (unpaired) electrons. The Hall–Kier alpha value is -1.32. The summed E-state index contributed by atoms with van der Waals surface area (Å²) in [6.45, 7) is 12.6. The second-order valence-corrected chi connectivity index (χ2v) is 12.3. The van der Waals surface area contributed by atoms with E-state index in [1.54, 1.807) is 33.7 Å². The Balaban J connectivity index is 1.97. The SMILES string of the molecule is C=CCCOC(=O)[C@H]1[C@H]2C(=O)N(CCCCCO)C(C(=O)N(CC=C)C(C)C)C23CC(Br)[C@@H]1S3. The van der Waals surface area contributed by atoms with Crippen LogP contribution in [0.4, 0.5) is 0 Å². The second kappa shape index (κ2) is 11.6. The summed E-state index contributed by atoms with van der Waals surface area (Å²) in [7, 11) is 0. The van der Waals surface area contributed by atoms with Crippen molar-refractivity contribution >= 4 is 45.5 Å². The molecule has 3 aliphatic rings. The van der Waals surface area contributed by atoms with Gasteiger partial charge >= 0.3 is 5.97 Å².